The Morgan fingerprint density at radius 3 is 2.80 bits per heavy atom. The van der Waals surface area contributed by atoms with Crippen LogP contribution in [0, 0.1) is 13.8 Å². The second kappa shape index (κ2) is 8.31. The molecule has 0 unspecified atom stereocenters. The van der Waals surface area contributed by atoms with Crippen LogP contribution in [0.4, 0.5) is 0 Å². The molecule has 1 aliphatic rings. The topological polar surface area (TPSA) is 85.8 Å². The van der Waals surface area contributed by atoms with Crippen LogP contribution in [-0.2, 0) is 6.54 Å². The number of carbonyl (C=O) groups excluding carboxylic acids is 2. The molecule has 0 atom stereocenters. The van der Waals surface area contributed by atoms with Crippen LogP contribution >= 0.6 is 11.3 Å². The first-order valence-corrected chi connectivity index (χ1v) is 10.6. The van der Waals surface area contributed by atoms with E-state index in [1.807, 2.05) is 18.4 Å². The average Bonchev–Trinajstić information content (AvgIpc) is 3.36. The molecular weight excluding hydrogens is 402 g/mol. The number of nitrogens with zero attached hydrogens (tertiary/aromatic N) is 2. The van der Waals surface area contributed by atoms with Gasteiger partial charge in [-0.05, 0) is 57.0 Å². The first kappa shape index (κ1) is 20.2. The van der Waals surface area contributed by atoms with Crippen molar-refractivity contribution in [2.24, 2.45) is 4.99 Å². The minimum Gasteiger partial charge on any atom is -0.497 e. The molecule has 1 N–H and O–H groups in total. The van der Waals surface area contributed by atoms with Gasteiger partial charge in [-0.1, -0.05) is 6.07 Å². The second-order valence-electron chi connectivity index (χ2n) is 7.27. The van der Waals surface area contributed by atoms with E-state index in [0.717, 1.165) is 23.4 Å². The number of thiazole rings is 1. The van der Waals surface area contributed by atoms with Crippen molar-refractivity contribution in [1.82, 2.24) is 9.88 Å². The Hall–Kier alpha value is -3.13. The van der Waals surface area contributed by atoms with Crippen molar-refractivity contribution < 1.29 is 18.7 Å². The fourth-order valence-corrected chi connectivity index (χ4v) is 3.97. The lowest BCUT2D eigenvalue weighted by atomic mass is 10.2. The van der Waals surface area contributed by atoms with E-state index in [0.29, 0.717) is 34.2 Å². The lowest BCUT2D eigenvalue weighted by Crippen LogP contribution is -2.24. The van der Waals surface area contributed by atoms with Gasteiger partial charge in [0, 0.05) is 22.2 Å². The molecule has 2 heterocycles. The predicted octanol–water partition coefficient (Wildman–Crippen LogP) is 3.45. The van der Waals surface area contributed by atoms with E-state index in [9.17, 15) is 9.59 Å². The molecule has 2 amide bonds. The van der Waals surface area contributed by atoms with Crippen LogP contribution in [0.1, 0.15) is 50.1 Å². The Morgan fingerprint density at radius 1 is 1.27 bits per heavy atom. The summed E-state index contributed by atoms with van der Waals surface area (Å²) >= 11 is 1.45. The number of amides is 2. The van der Waals surface area contributed by atoms with Crippen molar-refractivity contribution in [2.75, 3.05) is 7.11 Å². The van der Waals surface area contributed by atoms with Crippen molar-refractivity contribution in [3.8, 4) is 5.75 Å². The molecule has 0 spiro atoms. The number of methoxy groups -OCH3 is 1. The SMILES string of the molecule is COc1cccc(C(=O)N=c2sc(C)c(C)n2Cc2ccc(C(=O)NC3CC3)o2)c1. The van der Waals surface area contributed by atoms with Crippen LogP contribution in [0.2, 0.25) is 0 Å². The minimum atomic E-state index is -0.340. The van der Waals surface area contributed by atoms with Gasteiger partial charge in [0.1, 0.15) is 11.5 Å². The van der Waals surface area contributed by atoms with Crippen LogP contribution < -0.4 is 14.9 Å². The smallest absolute Gasteiger partial charge is 0.287 e. The van der Waals surface area contributed by atoms with Gasteiger partial charge in [-0.3, -0.25) is 9.59 Å². The number of benzene rings is 1. The number of carbonyl (C=O) groups is 2. The molecule has 8 heteroatoms. The Morgan fingerprint density at radius 2 is 2.07 bits per heavy atom. The van der Waals surface area contributed by atoms with E-state index >= 15 is 0 Å². The van der Waals surface area contributed by atoms with Gasteiger partial charge in [0.05, 0.1) is 13.7 Å². The summed E-state index contributed by atoms with van der Waals surface area (Å²) in [6.45, 7) is 4.35. The largest absolute Gasteiger partial charge is 0.497 e. The average molecular weight is 426 g/mol. The van der Waals surface area contributed by atoms with Crippen molar-refractivity contribution in [3.05, 3.63) is 68.9 Å². The van der Waals surface area contributed by atoms with Crippen molar-refractivity contribution >= 4 is 23.2 Å². The molecule has 156 valence electrons. The zero-order valence-electron chi connectivity index (χ0n) is 17.1. The number of aromatic nitrogens is 1. The van der Waals surface area contributed by atoms with E-state index < -0.39 is 0 Å². The highest BCUT2D eigenvalue weighted by Crippen LogP contribution is 2.20. The van der Waals surface area contributed by atoms with Gasteiger partial charge >= 0.3 is 0 Å². The number of ether oxygens (including phenoxy) is 1. The first-order valence-electron chi connectivity index (χ1n) is 9.74. The molecule has 4 rings (SSSR count). The molecule has 0 radical (unpaired) electrons. The van der Waals surface area contributed by atoms with E-state index in [-0.39, 0.29) is 17.9 Å². The van der Waals surface area contributed by atoms with Gasteiger partial charge in [0.15, 0.2) is 10.6 Å². The number of nitrogens with one attached hydrogen (secondary N) is 1. The summed E-state index contributed by atoms with van der Waals surface area (Å²) in [5.74, 6) is 1.01. The van der Waals surface area contributed by atoms with E-state index in [1.165, 1.54) is 11.3 Å². The van der Waals surface area contributed by atoms with Gasteiger partial charge in [-0.15, -0.1) is 11.3 Å². The highest BCUT2D eigenvalue weighted by atomic mass is 32.1. The summed E-state index contributed by atoms with van der Waals surface area (Å²) < 4.78 is 12.9. The molecule has 3 aromatic rings. The summed E-state index contributed by atoms with van der Waals surface area (Å²) in [6.07, 6.45) is 2.05. The van der Waals surface area contributed by atoms with E-state index in [2.05, 4.69) is 10.3 Å². The number of furan rings is 1. The van der Waals surface area contributed by atoms with Gasteiger partial charge in [0.2, 0.25) is 0 Å². The summed E-state index contributed by atoms with van der Waals surface area (Å²) in [5.41, 5.74) is 1.46. The fourth-order valence-electron chi connectivity index (χ4n) is 3.00. The molecule has 1 saturated carbocycles. The number of hydrogen-bond acceptors (Lipinski definition) is 5. The summed E-state index contributed by atoms with van der Waals surface area (Å²) in [7, 11) is 1.56. The maximum atomic E-state index is 12.7. The van der Waals surface area contributed by atoms with E-state index in [1.54, 1.807) is 43.5 Å². The quantitative estimate of drug-likeness (QED) is 0.655. The van der Waals surface area contributed by atoms with Crippen LogP contribution in [0.15, 0.2) is 45.8 Å². The standard InChI is InChI=1S/C22H23N3O4S/c1-13-14(2)30-22(24-20(26)15-5-4-6-17(11-15)28-3)25(13)12-18-9-10-19(29-18)21(27)23-16-7-8-16/h4-6,9-11,16H,7-8,12H2,1-3H3,(H,23,27). The van der Waals surface area contributed by atoms with Gasteiger partial charge in [-0.2, -0.15) is 4.99 Å². The van der Waals surface area contributed by atoms with E-state index in [4.69, 9.17) is 9.15 Å². The molecule has 1 aliphatic carbocycles. The van der Waals surface area contributed by atoms with Gasteiger partial charge < -0.3 is 19.0 Å². The van der Waals surface area contributed by atoms with Crippen LogP contribution in [0.3, 0.4) is 0 Å². The molecule has 1 fully saturated rings. The predicted molar refractivity (Wildman–Crippen MR) is 113 cm³/mol. The molecule has 7 nitrogen and oxygen atoms in total. The zero-order valence-corrected chi connectivity index (χ0v) is 17.9. The molecule has 1 aromatic carbocycles. The number of rotatable bonds is 6. The molecule has 2 aromatic heterocycles. The molecule has 0 saturated heterocycles. The third-order valence-corrected chi connectivity index (χ3v) is 6.11. The molecular formula is C22H23N3O4S. The van der Waals surface area contributed by atoms with Crippen LogP contribution in [-0.4, -0.2) is 29.5 Å². The first-order chi connectivity index (χ1) is 14.4. The Bertz CT molecular complexity index is 1170. The summed E-state index contributed by atoms with van der Waals surface area (Å²) in [6, 6.07) is 10.7. The van der Waals surface area contributed by atoms with Crippen molar-refractivity contribution in [3.63, 3.8) is 0 Å². The minimum absolute atomic E-state index is 0.190. The summed E-state index contributed by atoms with van der Waals surface area (Å²) in [4.78, 5) is 30.9. The Balaban J connectivity index is 1.60. The molecule has 0 bridgehead atoms. The van der Waals surface area contributed by atoms with Gasteiger partial charge in [0.25, 0.3) is 11.8 Å². The zero-order chi connectivity index (χ0) is 21.3. The van der Waals surface area contributed by atoms with Crippen LogP contribution in [0.5, 0.6) is 5.75 Å². The molecule has 0 aliphatic heterocycles. The van der Waals surface area contributed by atoms with Crippen molar-refractivity contribution in [1.29, 1.82) is 0 Å². The highest BCUT2D eigenvalue weighted by Gasteiger charge is 2.25. The van der Waals surface area contributed by atoms with Crippen molar-refractivity contribution in [2.45, 2.75) is 39.3 Å². The van der Waals surface area contributed by atoms with Gasteiger partial charge in [-0.25, -0.2) is 0 Å². The fraction of sp³-hybridized carbons (Fsp3) is 0.318. The number of aryl methyl sites for hydroxylation is 1. The third-order valence-electron chi connectivity index (χ3n) is 5.02. The maximum Gasteiger partial charge on any atom is 0.287 e. The second-order valence-corrected chi connectivity index (χ2v) is 8.46. The third kappa shape index (κ3) is 4.38. The lowest BCUT2D eigenvalue weighted by Gasteiger charge is -2.05. The normalized spacial score (nSPS) is 14.0. The monoisotopic (exact) mass is 425 g/mol. The Kier molecular flexibility index (Phi) is 5.59. The lowest BCUT2D eigenvalue weighted by molar-refractivity contribution is 0.0920. The maximum absolute atomic E-state index is 12.7. The highest BCUT2D eigenvalue weighted by molar-refractivity contribution is 7.09. The Labute approximate surface area is 178 Å². The summed E-state index contributed by atoms with van der Waals surface area (Å²) in [5, 5.41) is 2.92. The molecule has 30 heavy (non-hydrogen) atoms. The van der Waals surface area contributed by atoms with Crippen LogP contribution in [0.25, 0.3) is 0 Å². The number of hydrogen-bond donors (Lipinski definition) is 1.